The van der Waals surface area contributed by atoms with Crippen molar-refractivity contribution in [2.24, 2.45) is 0 Å². The first-order chi connectivity index (χ1) is 15.0. The Kier molecular flexibility index (Phi) is 5.90. The van der Waals surface area contributed by atoms with Gasteiger partial charge in [0.05, 0.1) is 17.7 Å². The van der Waals surface area contributed by atoms with Gasteiger partial charge in [-0.3, -0.25) is 9.59 Å². The number of aromatic amines is 1. The number of carbonyl (C=O) groups excluding carboxylic acids is 2. The maximum atomic E-state index is 12.5. The molecule has 0 fully saturated rings. The minimum atomic E-state index is -0.603. The lowest BCUT2D eigenvalue weighted by molar-refractivity contribution is -0.115. The molecule has 0 aliphatic carbocycles. The molecule has 0 aliphatic heterocycles. The smallest absolute Gasteiger partial charge is 0.339 e. The molecule has 8 heteroatoms. The molecule has 156 valence electrons. The van der Waals surface area contributed by atoms with Crippen LogP contribution in [0.25, 0.3) is 10.9 Å². The van der Waals surface area contributed by atoms with Gasteiger partial charge in [-0.2, -0.15) is 0 Å². The molecule has 4 aromatic rings. The van der Waals surface area contributed by atoms with E-state index in [2.05, 4.69) is 15.3 Å². The zero-order valence-electron chi connectivity index (χ0n) is 16.7. The second-order valence-electron chi connectivity index (χ2n) is 6.94. The third-order valence-corrected chi connectivity index (χ3v) is 5.55. The van der Waals surface area contributed by atoms with E-state index < -0.39 is 5.97 Å². The molecule has 7 nitrogen and oxygen atoms in total. The second-order valence-corrected chi connectivity index (χ2v) is 7.88. The van der Waals surface area contributed by atoms with E-state index in [4.69, 9.17) is 4.74 Å². The molecule has 2 aromatic carbocycles. The van der Waals surface area contributed by atoms with Crippen LogP contribution in [0.2, 0.25) is 0 Å². The Bertz CT molecular complexity index is 1330. The number of aromatic nitrogens is 2. The van der Waals surface area contributed by atoms with Gasteiger partial charge >= 0.3 is 5.97 Å². The number of aryl methyl sites for hydroxylation is 1. The first-order valence-corrected chi connectivity index (χ1v) is 10.5. The summed E-state index contributed by atoms with van der Waals surface area (Å²) >= 11 is 1.33. The summed E-state index contributed by atoms with van der Waals surface area (Å²) in [4.78, 5) is 43.7. The lowest BCUT2D eigenvalue weighted by atomic mass is 10.1. The molecule has 2 heterocycles. The molecule has 2 N–H and O–H groups in total. The van der Waals surface area contributed by atoms with E-state index in [0.29, 0.717) is 21.6 Å². The van der Waals surface area contributed by atoms with Crippen LogP contribution in [0.15, 0.2) is 64.8 Å². The van der Waals surface area contributed by atoms with Gasteiger partial charge in [-0.1, -0.05) is 36.4 Å². The van der Waals surface area contributed by atoms with Gasteiger partial charge in [0, 0.05) is 28.0 Å². The number of fused-ring (bicyclic) bond motifs is 1. The number of thiazole rings is 1. The minimum Gasteiger partial charge on any atom is -0.456 e. The third kappa shape index (κ3) is 4.87. The van der Waals surface area contributed by atoms with Crippen molar-refractivity contribution >= 4 is 39.8 Å². The molecule has 0 unspecified atom stereocenters. The zero-order chi connectivity index (χ0) is 21.8. The first-order valence-electron chi connectivity index (χ1n) is 9.57. The summed E-state index contributed by atoms with van der Waals surface area (Å²) in [5.74, 6) is -0.767. The van der Waals surface area contributed by atoms with Crippen molar-refractivity contribution < 1.29 is 14.3 Å². The molecule has 1 amide bonds. The summed E-state index contributed by atoms with van der Waals surface area (Å²) in [7, 11) is 0. The third-order valence-electron chi connectivity index (χ3n) is 4.65. The van der Waals surface area contributed by atoms with E-state index in [0.717, 1.165) is 11.3 Å². The van der Waals surface area contributed by atoms with Crippen LogP contribution in [0.3, 0.4) is 0 Å². The van der Waals surface area contributed by atoms with Crippen LogP contribution in [0.5, 0.6) is 0 Å². The van der Waals surface area contributed by atoms with E-state index in [-0.39, 0.29) is 30.1 Å². The van der Waals surface area contributed by atoms with E-state index in [9.17, 15) is 14.4 Å². The Hall–Kier alpha value is -3.78. The highest BCUT2D eigenvalue weighted by Crippen LogP contribution is 2.18. The zero-order valence-corrected chi connectivity index (χ0v) is 17.5. The van der Waals surface area contributed by atoms with E-state index >= 15 is 0 Å². The Morgan fingerprint density at radius 1 is 1.13 bits per heavy atom. The Morgan fingerprint density at radius 2 is 1.90 bits per heavy atom. The maximum absolute atomic E-state index is 12.5. The fraction of sp³-hybridized carbons (Fsp3) is 0.130. The predicted octanol–water partition coefficient (Wildman–Crippen LogP) is 3.83. The standard InChI is InChI=1S/C23H19N3O4S/c1-14-6-2-4-8-18(14)25-21(28)11-22-24-15(13-31-22)12-30-23(29)17-10-20(27)26-19-9-5-3-7-16(17)19/h2-10,13H,11-12H2,1H3,(H,25,28)(H,26,27). The van der Waals surface area contributed by atoms with Gasteiger partial charge in [-0.25, -0.2) is 9.78 Å². The highest BCUT2D eigenvalue weighted by atomic mass is 32.1. The van der Waals surface area contributed by atoms with Gasteiger partial charge in [0.1, 0.15) is 11.6 Å². The molecule has 0 radical (unpaired) electrons. The van der Waals surface area contributed by atoms with E-state index in [1.807, 2.05) is 31.2 Å². The van der Waals surface area contributed by atoms with Crippen molar-refractivity contribution in [3.05, 3.63) is 92.2 Å². The van der Waals surface area contributed by atoms with Gasteiger partial charge in [0.2, 0.25) is 11.5 Å². The van der Waals surface area contributed by atoms with Gasteiger partial charge in [-0.15, -0.1) is 11.3 Å². The topological polar surface area (TPSA) is 101 Å². The number of hydrogen-bond donors (Lipinski definition) is 2. The summed E-state index contributed by atoms with van der Waals surface area (Å²) in [6.07, 6.45) is 0.131. The van der Waals surface area contributed by atoms with Crippen LogP contribution < -0.4 is 10.9 Å². The number of anilines is 1. The number of nitrogens with one attached hydrogen (secondary N) is 2. The summed E-state index contributed by atoms with van der Waals surface area (Å²) in [5.41, 5.74) is 2.69. The summed E-state index contributed by atoms with van der Waals surface area (Å²) < 4.78 is 5.36. The summed E-state index contributed by atoms with van der Waals surface area (Å²) in [6.45, 7) is 1.88. The number of H-pyrrole nitrogens is 1. The fourth-order valence-electron chi connectivity index (χ4n) is 3.13. The van der Waals surface area contributed by atoms with Crippen LogP contribution in [0.1, 0.15) is 26.6 Å². The van der Waals surface area contributed by atoms with Crippen molar-refractivity contribution in [2.75, 3.05) is 5.32 Å². The highest BCUT2D eigenvalue weighted by Gasteiger charge is 2.15. The molecule has 0 atom stereocenters. The molecule has 2 aromatic heterocycles. The highest BCUT2D eigenvalue weighted by molar-refractivity contribution is 7.09. The number of amides is 1. The van der Waals surface area contributed by atoms with Gasteiger partial charge in [0.15, 0.2) is 0 Å². The summed E-state index contributed by atoms with van der Waals surface area (Å²) in [6, 6.07) is 15.8. The number of hydrogen-bond acceptors (Lipinski definition) is 6. The largest absolute Gasteiger partial charge is 0.456 e. The van der Waals surface area contributed by atoms with Gasteiger partial charge in [0.25, 0.3) is 0 Å². The van der Waals surface area contributed by atoms with Crippen molar-refractivity contribution in [1.82, 2.24) is 9.97 Å². The second kappa shape index (κ2) is 8.93. The fourth-order valence-corrected chi connectivity index (χ4v) is 3.91. The lowest BCUT2D eigenvalue weighted by Crippen LogP contribution is -2.15. The van der Waals surface area contributed by atoms with Gasteiger partial charge in [-0.05, 0) is 24.6 Å². The van der Waals surface area contributed by atoms with Crippen LogP contribution in [-0.4, -0.2) is 21.8 Å². The summed E-state index contributed by atoms with van der Waals surface area (Å²) in [5, 5.41) is 5.86. The van der Waals surface area contributed by atoms with Crippen LogP contribution in [0.4, 0.5) is 5.69 Å². The average Bonchev–Trinajstić information content (AvgIpc) is 3.20. The molecule has 31 heavy (non-hydrogen) atoms. The number of rotatable bonds is 6. The normalized spacial score (nSPS) is 10.7. The van der Waals surface area contributed by atoms with E-state index in [1.165, 1.54) is 17.4 Å². The number of carbonyl (C=O) groups is 2. The minimum absolute atomic E-state index is 0.0458. The number of benzene rings is 2. The molecular weight excluding hydrogens is 414 g/mol. The van der Waals surface area contributed by atoms with Crippen molar-refractivity contribution in [2.45, 2.75) is 20.0 Å². The van der Waals surface area contributed by atoms with Crippen LogP contribution in [0, 0.1) is 6.92 Å². The Balaban J connectivity index is 1.39. The molecule has 0 aliphatic rings. The van der Waals surface area contributed by atoms with Crippen molar-refractivity contribution in [3.63, 3.8) is 0 Å². The lowest BCUT2D eigenvalue weighted by Gasteiger charge is -2.07. The quantitative estimate of drug-likeness (QED) is 0.450. The number of para-hydroxylation sites is 2. The number of nitrogens with zero attached hydrogens (tertiary/aromatic N) is 1. The number of ether oxygens (including phenoxy) is 1. The SMILES string of the molecule is Cc1ccccc1NC(=O)Cc1nc(COC(=O)c2cc(=O)[nH]c3ccccc23)cs1. The van der Waals surface area contributed by atoms with Crippen molar-refractivity contribution in [3.8, 4) is 0 Å². The van der Waals surface area contributed by atoms with Crippen LogP contribution >= 0.6 is 11.3 Å². The van der Waals surface area contributed by atoms with Crippen LogP contribution in [-0.2, 0) is 22.6 Å². The van der Waals surface area contributed by atoms with Crippen molar-refractivity contribution in [1.29, 1.82) is 0 Å². The molecule has 0 saturated carbocycles. The van der Waals surface area contributed by atoms with Gasteiger partial charge < -0.3 is 15.0 Å². The molecule has 0 bridgehead atoms. The average molecular weight is 433 g/mol. The molecule has 0 saturated heterocycles. The number of pyridine rings is 1. The Morgan fingerprint density at radius 3 is 2.74 bits per heavy atom. The monoisotopic (exact) mass is 433 g/mol. The molecular formula is C23H19N3O4S. The number of esters is 1. The first kappa shape index (κ1) is 20.5. The molecule has 0 spiro atoms. The maximum Gasteiger partial charge on any atom is 0.339 e. The molecule has 4 rings (SSSR count). The van der Waals surface area contributed by atoms with E-state index in [1.54, 1.807) is 29.6 Å². The predicted molar refractivity (Wildman–Crippen MR) is 119 cm³/mol. The Labute approximate surface area is 181 Å².